The molecule has 2 fully saturated rings. The van der Waals surface area contributed by atoms with Crippen LogP contribution in [0.2, 0.25) is 0 Å². The first-order chi connectivity index (χ1) is 7.77. The molecule has 3 heteroatoms. The molecule has 2 aliphatic rings. The summed E-state index contributed by atoms with van der Waals surface area (Å²) in [7, 11) is 0. The number of Topliss-reactive ketones (excluding diaryl/α,β-unsaturated/α-hetero) is 1. The van der Waals surface area contributed by atoms with Gasteiger partial charge in [0.1, 0.15) is 0 Å². The van der Waals surface area contributed by atoms with Gasteiger partial charge in [0.15, 0.2) is 5.78 Å². The standard InChI is InChI=1S/C13H16N2O/c14-12-9-4-3-8(6-9)11(12)13(16)10-2-1-5-15-7-10/h1-2,5,7-9,11-12H,3-4,6,14H2. The summed E-state index contributed by atoms with van der Waals surface area (Å²) < 4.78 is 0. The number of hydrogen-bond acceptors (Lipinski definition) is 3. The molecule has 0 aliphatic heterocycles. The van der Waals surface area contributed by atoms with E-state index in [0.717, 1.165) is 12.0 Å². The van der Waals surface area contributed by atoms with Crippen LogP contribution in [0.15, 0.2) is 24.5 Å². The molecule has 0 aromatic carbocycles. The maximum absolute atomic E-state index is 12.3. The molecule has 3 nitrogen and oxygen atoms in total. The second-order valence-corrected chi connectivity index (χ2v) is 5.04. The lowest BCUT2D eigenvalue weighted by Gasteiger charge is -2.26. The van der Waals surface area contributed by atoms with Crippen LogP contribution < -0.4 is 5.73 Å². The molecule has 3 rings (SSSR count). The lowest BCUT2D eigenvalue weighted by molar-refractivity contribution is 0.0856. The minimum atomic E-state index is 0.0444. The Balaban J connectivity index is 1.86. The predicted octanol–water partition coefficient (Wildman–Crippen LogP) is 1.64. The highest BCUT2D eigenvalue weighted by molar-refractivity contribution is 5.98. The molecular formula is C13H16N2O. The van der Waals surface area contributed by atoms with Gasteiger partial charge in [0.25, 0.3) is 0 Å². The molecule has 2 bridgehead atoms. The Labute approximate surface area is 95.1 Å². The van der Waals surface area contributed by atoms with E-state index in [1.165, 1.54) is 12.8 Å². The van der Waals surface area contributed by atoms with E-state index in [-0.39, 0.29) is 17.7 Å². The van der Waals surface area contributed by atoms with Crippen LogP contribution in [-0.2, 0) is 0 Å². The van der Waals surface area contributed by atoms with E-state index in [9.17, 15) is 4.79 Å². The summed E-state index contributed by atoms with van der Waals surface area (Å²) in [6, 6.07) is 3.73. The molecule has 1 aromatic heterocycles. The first kappa shape index (κ1) is 9.97. The fraction of sp³-hybridized carbons (Fsp3) is 0.538. The number of carbonyl (C=O) groups is 1. The largest absolute Gasteiger partial charge is 0.327 e. The number of aromatic nitrogens is 1. The van der Waals surface area contributed by atoms with Crippen molar-refractivity contribution >= 4 is 5.78 Å². The fourth-order valence-corrected chi connectivity index (χ4v) is 3.43. The molecule has 2 aliphatic carbocycles. The molecule has 0 saturated heterocycles. The van der Waals surface area contributed by atoms with Gasteiger partial charge in [-0.1, -0.05) is 0 Å². The fourth-order valence-electron chi connectivity index (χ4n) is 3.43. The Hall–Kier alpha value is -1.22. The third-order valence-electron chi connectivity index (χ3n) is 4.23. The SMILES string of the molecule is NC1C2CCC(C2)C1C(=O)c1cccnc1. The minimum absolute atomic E-state index is 0.0444. The van der Waals surface area contributed by atoms with Crippen LogP contribution in [0.4, 0.5) is 0 Å². The highest BCUT2D eigenvalue weighted by atomic mass is 16.1. The van der Waals surface area contributed by atoms with Gasteiger partial charge in [-0.05, 0) is 43.2 Å². The Morgan fingerprint density at radius 2 is 2.19 bits per heavy atom. The number of hydrogen-bond donors (Lipinski definition) is 1. The summed E-state index contributed by atoms with van der Waals surface area (Å²) in [4.78, 5) is 16.3. The minimum Gasteiger partial charge on any atom is -0.327 e. The van der Waals surface area contributed by atoms with Gasteiger partial charge in [-0.2, -0.15) is 0 Å². The monoisotopic (exact) mass is 216 g/mol. The van der Waals surface area contributed by atoms with Gasteiger partial charge in [0.2, 0.25) is 0 Å². The molecule has 2 saturated carbocycles. The molecular weight excluding hydrogens is 200 g/mol. The highest BCUT2D eigenvalue weighted by Gasteiger charge is 2.48. The average molecular weight is 216 g/mol. The van der Waals surface area contributed by atoms with Crippen LogP contribution >= 0.6 is 0 Å². The van der Waals surface area contributed by atoms with Crippen LogP contribution in [0.25, 0.3) is 0 Å². The van der Waals surface area contributed by atoms with E-state index in [0.29, 0.717) is 11.8 Å². The van der Waals surface area contributed by atoms with Gasteiger partial charge >= 0.3 is 0 Å². The number of carbonyl (C=O) groups excluding carboxylic acids is 1. The Kier molecular flexibility index (Phi) is 2.28. The summed E-state index contributed by atoms with van der Waals surface area (Å²) in [5.74, 6) is 1.35. The van der Waals surface area contributed by atoms with E-state index in [1.54, 1.807) is 12.4 Å². The Bertz CT molecular complexity index is 402. The summed E-state index contributed by atoms with van der Waals surface area (Å²) in [6.45, 7) is 0. The summed E-state index contributed by atoms with van der Waals surface area (Å²) in [5.41, 5.74) is 6.88. The number of nitrogens with two attached hydrogens (primary N) is 1. The lowest BCUT2D eigenvalue weighted by atomic mass is 9.80. The zero-order chi connectivity index (χ0) is 11.1. The van der Waals surface area contributed by atoms with Gasteiger partial charge in [0.05, 0.1) is 0 Å². The van der Waals surface area contributed by atoms with Crippen molar-refractivity contribution in [2.75, 3.05) is 0 Å². The number of pyridine rings is 1. The molecule has 4 atom stereocenters. The van der Waals surface area contributed by atoms with E-state index in [4.69, 9.17) is 5.73 Å². The Morgan fingerprint density at radius 1 is 1.38 bits per heavy atom. The highest BCUT2D eigenvalue weighted by Crippen LogP contribution is 2.48. The van der Waals surface area contributed by atoms with Crippen LogP contribution in [-0.4, -0.2) is 16.8 Å². The average Bonchev–Trinajstić information content (AvgIpc) is 2.90. The van der Waals surface area contributed by atoms with Crippen molar-refractivity contribution in [3.63, 3.8) is 0 Å². The summed E-state index contributed by atoms with van der Waals surface area (Å²) in [5, 5.41) is 0. The third kappa shape index (κ3) is 1.39. The molecule has 16 heavy (non-hydrogen) atoms. The van der Waals surface area contributed by atoms with E-state index < -0.39 is 0 Å². The number of fused-ring (bicyclic) bond motifs is 2. The topological polar surface area (TPSA) is 56.0 Å². The van der Waals surface area contributed by atoms with Gasteiger partial charge in [-0.3, -0.25) is 9.78 Å². The molecule has 0 amide bonds. The van der Waals surface area contributed by atoms with E-state index in [1.807, 2.05) is 12.1 Å². The van der Waals surface area contributed by atoms with Crippen molar-refractivity contribution in [2.24, 2.45) is 23.5 Å². The molecule has 1 heterocycles. The normalized spacial score (nSPS) is 36.6. The molecule has 0 spiro atoms. The predicted molar refractivity (Wildman–Crippen MR) is 60.9 cm³/mol. The van der Waals surface area contributed by atoms with Gasteiger partial charge in [0, 0.05) is 29.9 Å². The zero-order valence-electron chi connectivity index (χ0n) is 9.17. The Morgan fingerprint density at radius 3 is 2.81 bits per heavy atom. The van der Waals surface area contributed by atoms with Crippen LogP contribution in [0.3, 0.4) is 0 Å². The number of ketones is 1. The summed E-state index contributed by atoms with van der Waals surface area (Å²) >= 11 is 0. The van der Waals surface area contributed by atoms with Crippen molar-refractivity contribution in [3.8, 4) is 0 Å². The van der Waals surface area contributed by atoms with Gasteiger partial charge < -0.3 is 5.73 Å². The molecule has 84 valence electrons. The van der Waals surface area contributed by atoms with Crippen molar-refractivity contribution in [3.05, 3.63) is 30.1 Å². The molecule has 0 radical (unpaired) electrons. The first-order valence-corrected chi connectivity index (χ1v) is 5.97. The van der Waals surface area contributed by atoms with Crippen LogP contribution in [0.1, 0.15) is 29.6 Å². The quantitative estimate of drug-likeness (QED) is 0.764. The van der Waals surface area contributed by atoms with Crippen molar-refractivity contribution in [1.29, 1.82) is 0 Å². The third-order valence-corrected chi connectivity index (χ3v) is 4.23. The first-order valence-electron chi connectivity index (χ1n) is 5.97. The number of rotatable bonds is 2. The van der Waals surface area contributed by atoms with E-state index in [2.05, 4.69) is 4.98 Å². The second-order valence-electron chi connectivity index (χ2n) is 5.04. The van der Waals surface area contributed by atoms with Crippen molar-refractivity contribution in [1.82, 2.24) is 4.98 Å². The van der Waals surface area contributed by atoms with Gasteiger partial charge in [-0.15, -0.1) is 0 Å². The van der Waals surface area contributed by atoms with Crippen LogP contribution in [0.5, 0.6) is 0 Å². The van der Waals surface area contributed by atoms with Crippen molar-refractivity contribution < 1.29 is 4.79 Å². The summed E-state index contributed by atoms with van der Waals surface area (Å²) in [6.07, 6.45) is 6.88. The maximum atomic E-state index is 12.3. The number of nitrogens with zero attached hydrogens (tertiary/aromatic N) is 1. The molecule has 4 unspecified atom stereocenters. The van der Waals surface area contributed by atoms with E-state index >= 15 is 0 Å². The smallest absolute Gasteiger partial charge is 0.169 e. The second kappa shape index (κ2) is 3.67. The molecule has 2 N–H and O–H groups in total. The van der Waals surface area contributed by atoms with Crippen molar-refractivity contribution in [2.45, 2.75) is 25.3 Å². The molecule has 1 aromatic rings. The maximum Gasteiger partial charge on any atom is 0.169 e. The lowest BCUT2D eigenvalue weighted by Crippen LogP contribution is -2.40. The van der Waals surface area contributed by atoms with Gasteiger partial charge in [-0.25, -0.2) is 0 Å². The van der Waals surface area contributed by atoms with Crippen LogP contribution in [0, 0.1) is 17.8 Å². The zero-order valence-corrected chi connectivity index (χ0v) is 9.17.